The Labute approximate surface area is 189 Å². The van der Waals surface area contributed by atoms with E-state index in [1.807, 2.05) is 0 Å². The zero-order valence-corrected chi connectivity index (χ0v) is 18.3. The third-order valence-corrected chi connectivity index (χ3v) is 5.78. The highest BCUT2D eigenvalue weighted by Crippen LogP contribution is 2.41. The molecule has 0 saturated heterocycles. The van der Waals surface area contributed by atoms with Crippen LogP contribution in [0.15, 0.2) is 58.4 Å². The maximum absolute atomic E-state index is 15.7. The molecule has 0 saturated carbocycles. The van der Waals surface area contributed by atoms with Crippen molar-refractivity contribution in [1.82, 2.24) is 4.57 Å². The van der Waals surface area contributed by atoms with Gasteiger partial charge in [0, 0.05) is 42.4 Å². The Morgan fingerprint density at radius 1 is 1.15 bits per heavy atom. The van der Waals surface area contributed by atoms with E-state index in [0.29, 0.717) is 40.8 Å². The zero-order chi connectivity index (χ0) is 23.7. The predicted octanol–water partition coefficient (Wildman–Crippen LogP) is 3.89. The van der Waals surface area contributed by atoms with Crippen LogP contribution in [0.25, 0.3) is 11.1 Å². The summed E-state index contributed by atoms with van der Waals surface area (Å²) in [4.78, 5) is 28.7. The monoisotopic (exact) mass is 451 g/mol. The smallest absolute Gasteiger partial charge is 0.250 e. The maximum Gasteiger partial charge on any atom is 0.250 e. The first kappa shape index (κ1) is 22.4. The van der Waals surface area contributed by atoms with Crippen LogP contribution < -0.4 is 16.0 Å². The van der Waals surface area contributed by atoms with Crippen LogP contribution in [-0.4, -0.2) is 23.3 Å². The van der Waals surface area contributed by atoms with E-state index in [-0.39, 0.29) is 23.3 Å². The Morgan fingerprint density at radius 3 is 2.55 bits per heavy atom. The minimum absolute atomic E-state index is 0.0436. The number of rotatable bonds is 6. The van der Waals surface area contributed by atoms with Gasteiger partial charge in [0.15, 0.2) is 11.6 Å². The molecule has 4 rings (SSSR count). The quantitative estimate of drug-likeness (QED) is 0.617. The molecule has 1 atom stereocenters. The molecule has 0 bridgehead atoms. The van der Waals surface area contributed by atoms with Crippen molar-refractivity contribution < 1.29 is 18.3 Å². The van der Waals surface area contributed by atoms with Crippen LogP contribution in [0.5, 0.6) is 5.75 Å². The van der Waals surface area contributed by atoms with Crippen molar-refractivity contribution in [3.8, 4) is 16.9 Å². The molecule has 2 heterocycles. The summed E-state index contributed by atoms with van der Waals surface area (Å²) >= 11 is 0. The first-order valence-corrected chi connectivity index (χ1v) is 10.5. The molecule has 1 aliphatic heterocycles. The topological polar surface area (TPSA) is 86.7 Å². The van der Waals surface area contributed by atoms with Crippen LogP contribution in [0.1, 0.15) is 42.0 Å². The number of ether oxygens (including phenoxy) is 1. The van der Waals surface area contributed by atoms with E-state index in [2.05, 4.69) is 0 Å². The maximum atomic E-state index is 15.7. The molecule has 1 amide bonds. The number of nitrogens with zero attached hydrogens (tertiary/aromatic N) is 2. The number of aromatic nitrogens is 1. The molecule has 0 fully saturated rings. The highest BCUT2D eigenvalue weighted by molar-refractivity contribution is 6.17. The van der Waals surface area contributed by atoms with E-state index in [9.17, 15) is 14.0 Å². The zero-order valence-electron chi connectivity index (χ0n) is 18.3. The van der Waals surface area contributed by atoms with E-state index in [4.69, 9.17) is 15.5 Å². The molecule has 8 heteroatoms. The van der Waals surface area contributed by atoms with Gasteiger partial charge in [-0.15, -0.1) is 0 Å². The fourth-order valence-corrected chi connectivity index (χ4v) is 4.12. The van der Waals surface area contributed by atoms with Gasteiger partial charge in [-0.05, 0) is 60.4 Å². The lowest BCUT2D eigenvalue weighted by Gasteiger charge is -2.16. The second kappa shape index (κ2) is 8.97. The van der Waals surface area contributed by atoms with Gasteiger partial charge in [-0.2, -0.15) is 0 Å². The number of halogens is 2. The molecule has 33 heavy (non-hydrogen) atoms. The van der Waals surface area contributed by atoms with Crippen LogP contribution in [0.2, 0.25) is 0 Å². The average Bonchev–Trinajstić information content (AvgIpc) is 2.90. The number of primary amides is 1. The van der Waals surface area contributed by atoms with Crippen LogP contribution in [-0.2, 0) is 11.8 Å². The largest absolute Gasteiger partial charge is 0.494 e. The number of hydrogen-bond donors (Lipinski definition) is 1. The van der Waals surface area contributed by atoms with Gasteiger partial charge in [0.2, 0.25) is 5.91 Å². The van der Waals surface area contributed by atoms with Crippen molar-refractivity contribution in [3.63, 3.8) is 0 Å². The number of methoxy groups -OCH3 is 1. The summed E-state index contributed by atoms with van der Waals surface area (Å²) in [5, 5.41) is 0. The number of carbonyl (C=O) groups is 1. The van der Waals surface area contributed by atoms with E-state index in [0.717, 1.165) is 0 Å². The van der Waals surface area contributed by atoms with Crippen molar-refractivity contribution in [2.45, 2.75) is 25.3 Å². The SMILES string of the molecule is COc1ccc2c(c1F)C(c1ccc(F)cc1)=N[C@@H](CCCC(N)=O)c1cc(=O)n(C)cc1-2. The van der Waals surface area contributed by atoms with E-state index in [1.54, 1.807) is 19.3 Å². The molecule has 2 aromatic carbocycles. The van der Waals surface area contributed by atoms with Gasteiger partial charge in [0.1, 0.15) is 5.82 Å². The van der Waals surface area contributed by atoms with Crippen molar-refractivity contribution in [3.05, 3.63) is 87.3 Å². The van der Waals surface area contributed by atoms with Crippen molar-refractivity contribution in [2.75, 3.05) is 7.11 Å². The number of aryl methyl sites for hydroxylation is 1. The Hall–Kier alpha value is -3.81. The summed E-state index contributed by atoms with van der Waals surface area (Å²) < 4.78 is 36.0. The van der Waals surface area contributed by atoms with Gasteiger partial charge in [0.25, 0.3) is 5.56 Å². The lowest BCUT2D eigenvalue weighted by atomic mass is 9.90. The van der Waals surface area contributed by atoms with Crippen LogP contribution in [0, 0.1) is 11.6 Å². The highest BCUT2D eigenvalue weighted by atomic mass is 19.1. The minimum Gasteiger partial charge on any atom is -0.494 e. The number of fused-ring (bicyclic) bond motifs is 3. The van der Waals surface area contributed by atoms with Crippen LogP contribution in [0.3, 0.4) is 0 Å². The van der Waals surface area contributed by atoms with Gasteiger partial charge in [-0.25, -0.2) is 8.78 Å². The normalized spacial score (nSPS) is 14.7. The molecule has 0 aliphatic carbocycles. The number of nitrogens with two attached hydrogens (primary N) is 1. The van der Waals surface area contributed by atoms with Gasteiger partial charge in [-0.1, -0.05) is 0 Å². The van der Waals surface area contributed by atoms with E-state index < -0.39 is 23.6 Å². The Bertz CT molecular complexity index is 1310. The summed E-state index contributed by atoms with van der Waals surface area (Å²) in [6, 6.07) is 9.85. The minimum atomic E-state index is -0.601. The van der Waals surface area contributed by atoms with Crippen molar-refractivity contribution in [2.24, 2.45) is 17.8 Å². The lowest BCUT2D eigenvalue weighted by molar-refractivity contribution is -0.118. The molecular formula is C25H23F2N3O3. The molecule has 1 aromatic heterocycles. The average molecular weight is 451 g/mol. The predicted molar refractivity (Wildman–Crippen MR) is 121 cm³/mol. The van der Waals surface area contributed by atoms with E-state index >= 15 is 4.39 Å². The second-order valence-corrected chi connectivity index (χ2v) is 7.95. The first-order chi connectivity index (χ1) is 15.8. The first-order valence-electron chi connectivity index (χ1n) is 10.5. The van der Waals surface area contributed by atoms with Crippen LogP contribution >= 0.6 is 0 Å². The van der Waals surface area contributed by atoms with Gasteiger partial charge < -0.3 is 15.0 Å². The Morgan fingerprint density at radius 2 is 1.88 bits per heavy atom. The fraction of sp³-hybridized carbons (Fsp3) is 0.240. The summed E-state index contributed by atoms with van der Waals surface area (Å²) in [6.45, 7) is 0. The third kappa shape index (κ3) is 4.28. The highest BCUT2D eigenvalue weighted by Gasteiger charge is 2.29. The molecular weight excluding hydrogens is 428 g/mol. The molecule has 2 N–H and O–H groups in total. The summed E-state index contributed by atoms with van der Waals surface area (Å²) in [6.07, 6.45) is 2.68. The number of amides is 1. The summed E-state index contributed by atoms with van der Waals surface area (Å²) in [7, 11) is 3.00. The molecule has 0 unspecified atom stereocenters. The molecule has 6 nitrogen and oxygen atoms in total. The molecule has 3 aromatic rings. The van der Waals surface area contributed by atoms with Gasteiger partial charge in [0.05, 0.1) is 18.9 Å². The Kier molecular flexibility index (Phi) is 6.09. The number of aliphatic imine (C=N–C) groups is 1. The molecule has 0 spiro atoms. The third-order valence-electron chi connectivity index (χ3n) is 5.78. The number of benzene rings is 2. The number of hydrogen-bond acceptors (Lipinski definition) is 4. The summed E-state index contributed by atoms with van der Waals surface area (Å²) in [5.74, 6) is -1.42. The second-order valence-electron chi connectivity index (χ2n) is 7.95. The van der Waals surface area contributed by atoms with Crippen molar-refractivity contribution >= 4 is 11.6 Å². The number of carbonyl (C=O) groups excluding carboxylic acids is 1. The molecule has 1 aliphatic rings. The Balaban J connectivity index is 2.02. The molecule has 170 valence electrons. The summed E-state index contributed by atoms with van der Waals surface area (Å²) in [5.41, 5.74) is 7.94. The number of pyridine rings is 1. The lowest BCUT2D eigenvalue weighted by Crippen LogP contribution is -2.18. The van der Waals surface area contributed by atoms with Crippen molar-refractivity contribution in [1.29, 1.82) is 0 Å². The van der Waals surface area contributed by atoms with Crippen LogP contribution in [0.4, 0.5) is 8.78 Å². The molecule has 0 radical (unpaired) electrons. The van der Waals surface area contributed by atoms with Gasteiger partial charge >= 0.3 is 0 Å². The standard InChI is InChI=1S/C25H23F2N3O3/c1-30-13-18-16-10-11-20(33-2)24(27)23(16)25(14-6-8-15(26)9-7-14)29-19(4-3-5-21(28)31)17(18)12-22(30)32/h6-13,19H,3-5H2,1-2H3,(H2,28,31)/t19-/m0/s1. The van der Waals surface area contributed by atoms with Gasteiger partial charge in [-0.3, -0.25) is 14.6 Å². The van der Waals surface area contributed by atoms with E-state index in [1.165, 1.54) is 48.1 Å². The fourth-order valence-electron chi connectivity index (χ4n) is 4.12.